The highest BCUT2D eigenvalue weighted by atomic mass is 79.9. The average Bonchev–Trinajstić information content (AvgIpc) is 2.35. The second-order valence-corrected chi connectivity index (χ2v) is 6.14. The maximum absolute atomic E-state index is 5.70. The summed E-state index contributed by atoms with van der Waals surface area (Å²) in [6, 6.07) is 4.77. The lowest BCUT2D eigenvalue weighted by Gasteiger charge is -2.14. The summed E-state index contributed by atoms with van der Waals surface area (Å²) in [5.74, 6) is 0.893. The Hall–Kier alpha value is -0.0600. The molecule has 0 bridgehead atoms. The van der Waals surface area contributed by atoms with Crippen LogP contribution in [0.5, 0.6) is 5.75 Å². The molecule has 1 rings (SSSR count). The first-order valence-electron chi connectivity index (χ1n) is 6.42. The molecule has 0 saturated carbocycles. The molecule has 0 fully saturated rings. The molecule has 0 radical (unpaired) electrons. The van der Waals surface area contributed by atoms with E-state index in [1.54, 1.807) is 0 Å². The number of hydrogen-bond donors (Lipinski definition) is 1. The van der Waals surface area contributed by atoms with Gasteiger partial charge in [-0.3, -0.25) is 0 Å². The molecule has 0 aliphatic carbocycles. The molecule has 4 heteroatoms. The predicted octanol–water partition coefficient (Wildman–Crippen LogP) is 4.89. The van der Waals surface area contributed by atoms with E-state index in [2.05, 4.69) is 70.1 Å². The highest BCUT2D eigenvalue weighted by molar-refractivity contribution is 9.11. The Bertz CT molecular complexity index is 359. The fourth-order valence-corrected chi connectivity index (χ4v) is 3.00. The minimum atomic E-state index is 0.540. The lowest BCUT2D eigenvalue weighted by Crippen LogP contribution is -2.24. The lowest BCUT2D eigenvalue weighted by atomic mass is 10.2. The fourth-order valence-electron chi connectivity index (χ4n) is 1.49. The summed E-state index contributed by atoms with van der Waals surface area (Å²) in [6.07, 6.45) is 2.15. The Kier molecular flexibility index (Phi) is 7.27. The molecule has 18 heavy (non-hydrogen) atoms. The summed E-state index contributed by atoms with van der Waals surface area (Å²) >= 11 is 7.14. The SMILES string of the molecule is CCCOc1c(Br)cc(CN[C@@H](C)CC)cc1Br. The molecule has 0 aromatic heterocycles. The number of rotatable bonds is 7. The molecule has 0 heterocycles. The fraction of sp³-hybridized carbons (Fsp3) is 0.571. The molecule has 1 aromatic rings. The zero-order valence-electron chi connectivity index (χ0n) is 11.2. The first-order chi connectivity index (χ1) is 8.58. The molecule has 0 saturated heterocycles. The Morgan fingerprint density at radius 2 is 1.83 bits per heavy atom. The topological polar surface area (TPSA) is 21.3 Å². The van der Waals surface area contributed by atoms with E-state index < -0.39 is 0 Å². The van der Waals surface area contributed by atoms with Crippen molar-refractivity contribution in [3.05, 3.63) is 26.6 Å². The van der Waals surface area contributed by atoms with Gasteiger partial charge in [-0.1, -0.05) is 13.8 Å². The van der Waals surface area contributed by atoms with E-state index in [0.29, 0.717) is 6.04 Å². The van der Waals surface area contributed by atoms with Gasteiger partial charge >= 0.3 is 0 Å². The first kappa shape index (κ1) is 16.0. The van der Waals surface area contributed by atoms with Gasteiger partial charge in [-0.25, -0.2) is 0 Å². The van der Waals surface area contributed by atoms with Crippen molar-refractivity contribution in [2.24, 2.45) is 0 Å². The monoisotopic (exact) mass is 377 g/mol. The van der Waals surface area contributed by atoms with Gasteiger partial charge in [0.25, 0.3) is 0 Å². The Labute approximate surface area is 127 Å². The van der Waals surface area contributed by atoms with E-state index in [1.165, 1.54) is 5.56 Å². The lowest BCUT2D eigenvalue weighted by molar-refractivity contribution is 0.313. The number of benzene rings is 1. The van der Waals surface area contributed by atoms with Crippen molar-refractivity contribution in [3.63, 3.8) is 0 Å². The van der Waals surface area contributed by atoms with Crippen molar-refractivity contribution in [3.8, 4) is 5.75 Å². The van der Waals surface area contributed by atoms with E-state index >= 15 is 0 Å². The number of ether oxygens (including phenoxy) is 1. The normalized spacial score (nSPS) is 12.5. The Balaban J connectivity index is 2.73. The van der Waals surface area contributed by atoms with Crippen LogP contribution in [-0.2, 0) is 6.54 Å². The van der Waals surface area contributed by atoms with Crippen molar-refractivity contribution in [2.75, 3.05) is 6.61 Å². The van der Waals surface area contributed by atoms with Crippen molar-refractivity contribution in [1.29, 1.82) is 0 Å². The van der Waals surface area contributed by atoms with Crippen LogP contribution >= 0.6 is 31.9 Å². The highest BCUT2D eigenvalue weighted by Gasteiger charge is 2.09. The number of nitrogens with one attached hydrogen (secondary N) is 1. The van der Waals surface area contributed by atoms with Gasteiger partial charge in [-0.05, 0) is 69.3 Å². The summed E-state index contributed by atoms with van der Waals surface area (Å²) in [7, 11) is 0. The molecule has 0 amide bonds. The highest BCUT2D eigenvalue weighted by Crippen LogP contribution is 2.34. The zero-order chi connectivity index (χ0) is 13.5. The zero-order valence-corrected chi connectivity index (χ0v) is 14.4. The van der Waals surface area contributed by atoms with Gasteiger partial charge in [0.2, 0.25) is 0 Å². The standard InChI is InChI=1S/C14H21Br2NO/c1-4-6-18-14-12(15)7-11(8-13(14)16)9-17-10(3)5-2/h7-8,10,17H,4-6,9H2,1-3H3/t10-/m0/s1. The van der Waals surface area contributed by atoms with E-state index in [4.69, 9.17) is 4.74 Å². The van der Waals surface area contributed by atoms with Crippen LogP contribution in [0, 0.1) is 0 Å². The van der Waals surface area contributed by atoms with Gasteiger partial charge in [-0.15, -0.1) is 0 Å². The van der Waals surface area contributed by atoms with Gasteiger partial charge in [0.1, 0.15) is 5.75 Å². The van der Waals surface area contributed by atoms with Crippen LogP contribution in [0.25, 0.3) is 0 Å². The molecule has 0 aliphatic rings. The van der Waals surface area contributed by atoms with Crippen molar-refractivity contribution in [1.82, 2.24) is 5.32 Å². The van der Waals surface area contributed by atoms with E-state index in [9.17, 15) is 0 Å². The Morgan fingerprint density at radius 3 is 2.33 bits per heavy atom. The minimum absolute atomic E-state index is 0.540. The maximum atomic E-state index is 5.70. The molecule has 1 N–H and O–H groups in total. The van der Waals surface area contributed by atoms with Crippen LogP contribution < -0.4 is 10.1 Å². The summed E-state index contributed by atoms with van der Waals surface area (Å²) in [5.41, 5.74) is 1.25. The Morgan fingerprint density at radius 1 is 1.22 bits per heavy atom. The molecule has 0 unspecified atom stereocenters. The smallest absolute Gasteiger partial charge is 0.147 e. The third-order valence-electron chi connectivity index (χ3n) is 2.78. The van der Waals surface area contributed by atoms with Gasteiger partial charge in [0.15, 0.2) is 0 Å². The predicted molar refractivity (Wildman–Crippen MR) is 84.2 cm³/mol. The molecule has 102 valence electrons. The van der Waals surface area contributed by atoms with Crippen molar-refractivity contribution in [2.45, 2.75) is 46.2 Å². The average molecular weight is 379 g/mol. The quantitative estimate of drug-likeness (QED) is 0.729. The molecule has 0 spiro atoms. The third-order valence-corrected chi connectivity index (χ3v) is 3.95. The van der Waals surface area contributed by atoms with Crippen LogP contribution in [0.2, 0.25) is 0 Å². The third kappa shape index (κ3) is 4.90. The minimum Gasteiger partial charge on any atom is -0.491 e. The van der Waals surface area contributed by atoms with Crippen LogP contribution in [0.1, 0.15) is 39.2 Å². The van der Waals surface area contributed by atoms with E-state index in [0.717, 1.165) is 40.7 Å². The van der Waals surface area contributed by atoms with Crippen LogP contribution in [0.4, 0.5) is 0 Å². The summed E-state index contributed by atoms with van der Waals surface area (Å²) < 4.78 is 7.72. The van der Waals surface area contributed by atoms with E-state index in [1.807, 2.05) is 0 Å². The van der Waals surface area contributed by atoms with Gasteiger partial charge < -0.3 is 10.1 Å². The van der Waals surface area contributed by atoms with Crippen LogP contribution in [0.15, 0.2) is 21.1 Å². The molecule has 2 nitrogen and oxygen atoms in total. The van der Waals surface area contributed by atoms with Crippen LogP contribution in [-0.4, -0.2) is 12.6 Å². The summed E-state index contributed by atoms with van der Waals surface area (Å²) in [4.78, 5) is 0. The first-order valence-corrected chi connectivity index (χ1v) is 8.01. The number of halogens is 2. The molecular formula is C14H21Br2NO. The molecular weight excluding hydrogens is 358 g/mol. The van der Waals surface area contributed by atoms with Crippen molar-refractivity contribution < 1.29 is 4.74 Å². The van der Waals surface area contributed by atoms with Crippen molar-refractivity contribution >= 4 is 31.9 Å². The maximum Gasteiger partial charge on any atom is 0.147 e. The van der Waals surface area contributed by atoms with Gasteiger partial charge in [-0.2, -0.15) is 0 Å². The van der Waals surface area contributed by atoms with E-state index in [-0.39, 0.29) is 0 Å². The second kappa shape index (κ2) is 8.18. The summed E-state index contributed by atoms with van der Waals surface area (Å²) in [5, 5.41) is 3.48. The van der Waals surface area contributed by atoms with Gasteiger partial charge in [0, 0.05) is 12.6 Å². The van der Waals surface area contributed by atoms with Crippen LogP contribution in [0.3, 0.4) is 0 Å². The van der Waals surface area contributed by atoms with Gasteiger partial charge in [0.05, 0.1) is 15.6 Å². The summed E-state index contributed by atoms with van der Waals surface area (Å²) in [6.45, 7) is 8.10. The largest absolute Gasteiger partial charge is 0.491 e. The second-order valence-electron chi connectivity index (χ2n) is 4.43. The molecule has 1 aromatic carbocycles. The number of hydrogen-bond acceptors (Lipinski definition) is 2. The molecule has 0 aliphatic heterocycles. The molecule has 1 atom stereocenters.